The van der Waals surface area contributed by atoms with Gasteiger partial charge in [-0.15, -0.1) is 0 Å². The van der Waals surface area contributed by atoms with Crippen molar-refractivity contribution in [2.75, 3.05) is 13.2 Å². The standard InChI is InChI=1S/C27H36O18/c1-10(28)37-9-27(35)24(42-15(6)33)21(40-13(4)31)20(39-12(3)30)22(25(27)43-16(7)34)45-18-17-8-36-26(44-17)23(41-14(5)32)19(18)38-11(2)29/h17-26,35H,8-9H2,1-7H3/t17-,18-,19+,20-,21-,22-,23-,24+,25+,26-,27+/m1/s1. The highest BCUT2D eigenvalue weighted by atomic mass is 16.8. The molecular weight excluding hydrogens is 612 g/mol. The summed E-state index contributed by atoms with van der Waals surface area (Å²) in [5.41, 5.74) is -2.72. The summed E-state index contributed by atoms with van der Waals surface area (Å²) in [6, 6.07) is 0. The Bertz CT molecular complexity index is 1180. The fraction of sp³-hybridized carbons (Fsp3) is 0.741. The highest BCUT2D eigenvalue weighted by Gasteiger charge is 2.68. The van der Waals surface area contributed by atoms with Crippen molar-refractivity contribution in [3.63, 3.8) is 0 Å². The first-order valence-electron chi connectivity index (χ1n) is 13.8. The maximum Gasteiger partial charge on any atom is 0.303 e. The second kappa shape index (κ2) is 14.5. The van der Waals surface area contributed by atoms with E-state index in [0.29, 0.717) is 0 Å². The fourth-order valence-electron chi connectivity index (χ4n) is 5.46. The fourth-order valence-corrected chi connectivity index (χ4v) is 5.46. The lowest BCUT2D eigenvalue weighted by molar-refractivity contribution is -0.319. The van der Waals surface area contributed by atoms with Gasteiger partial charge in [0.25, 0.3) is 0 Å². The van der Waals surface area contributed by atoms with Crippen molar-refractivity contribution in [1.29, 1.82) is 0 Å². The minimum Gasteiger partial charge on any atom is -0.462 e. The number of aliphatic hydroxyl groups is 1. The Morgan fingerprint density at radius 3 is 1.47 bits per heavy atom. The third-order valence-electron chi connectivity index (χ3n) is 6.86. The Kier molecular flexibility index (Phi) is 11.5. The first kappa shape index (κ1) is 35.6. The summed E-state index contributed by atoms with van der Waals surface area (Å²) >= 11 is 0. The van der Waals surface area contributed by atoms with E-state index in [0.717, 1.165) is 48.5 Å². The summed E-state index contributed by atoms with van der Waals surface area (Å²) in [6.45, 7) is 5.84. The maximum atomic E-state index is 12.4. The largest absolute Gasteiger partial charge is 0.462 e. The van der Waals surface area contributed by atoms with Gasteiger partial charge in [0, 0.05) is 48.5 Å². The zero-order chi connectivity index (χ0) is 33.8. The predicted octanol–water partition coefficient (Wildman–Crippen LogP) is -1.61. The van der Waals surface area contributed by atoms with Crippen molar-refractivity contribution in [3.05, 3.63) is 0 Å². The van der Waals surface area contributed by atoms with Gasteiger partial charge in [0.15, 0.2) is 48.5 Å². The summed E-state index contributed by atoms with van der Waals surface area (Å²) in [5, 5.41) is 12.1. The van der Waals surface area contributed by atoms with Gasteiger partial charge in [-0.2, -0.15) is 0 Å². The van der Waals surface area contributed by atoms with Gasteiger partial charge in [-0.3, -0.25) is 33.6 Å². The quantitative estimate of drug-likeness (QED) is 0.207. The monoisotopic (exact) mass is 648 g/mol. The van der Waals surface area contributed by atoms with E-state index in [-0.39, 0.29) is 6.61 Å². The molecule has 0 amide bonds. The van der Waals surface area contributed by atoms with Gasteiger partial charge in [-0.05, 0) is 0 Å². The predicted molar refractivity (Wildman–Crippen MR) is 138 cm³/mol. The van der Waals surface area contributed by atoms with Crippen LogP contribution in [0.5, 0.6) is 0 Å². The van der Waals surface area contributed by atoms with Crippen LogP contribution < -0.4 is 0 Å². The first-order chi connectivity index (χ1) is 20.9. The molecule has 2 aliphatic heterocycles. The van der Waals surface area contributed by atoms with Crippen LogP contribution in [-0.4, -0.2) is 127 Å². The van der Waals surface area contributed by atoms with Crippen LogP contribution in [0.3, 0.4) is 0 Å². The van der Waals surface area contributed by atoms with Crippen LogP contribution in [0, 0.1) is 0 Å². The van der Waals surface area contributed by atoms with E-state index in [1.807, 2.05) is 0 Å². The zero-order valence-corrected chi connectivity index (χ0v) is 25.6. The molecule has 18 nitrogen and oxygen atoms in total. The second-order valence-corrected chi connectivity index (χ2v) is 10.6. The average Bonchev–Trinajstić information content (AvgIpc) is 3.33. The molecule has 3 rings (SSSR count). The number of hydrogen-bond donors (Lipinski definition) is 1. The Labute approximate surface area is 256 Å². The van der Waals surface area contributed by atoms with E-state index in [9.17, 15) is 38.7 Å². The van der Waals surface area contributed by atoms with Gasteiger partial charge >= 0.3 is 41.8 Å². The minimum absolute atomic E-state index is 0.185. The third kappa shape index (κ3) is 8.44. The highest BCUT2D eigenvalue weighted by molar-refractivity contribution is 5.70. The SMILES string of the molecule is CC(=O)OC[C@]1(O)[C@@H](OC(C)=O)[C@H](OC(C)=O)[C@@H](OC(C)=O)[C@@H](O[C@H]2[C@H](OC(C)=O)[C@@H](OC(C)=O)[C@@H]3OC[C@H]2O3)[C@@H]1OC(C)=O. The number of carbonyl (C=O) groups is 7. The van der Waals surface area contributed by atoms with Crippen molar-refractivity contribution in [2.24, 2.45) is 0 Å². The lowest BCUT2D eigenvalue weighted by Crippen LogP contribution is -2.76. The Balaban J connectivity index is 2.25. The van der Waals surface area contributed by atoms with Crippen LogP contribution >= 0.6 is 0 Å². The van der Waals surface area contributed by atoms with Crippen molar-refractivity contribution >= 4 is 41.8 Å². The Morgan fingerprint density at radius 2 is 1.00 bits per heavy atom. The molecule has 0 radical (unpaired) electrons. The van der Waals surface area contributed by atoms with Crippen molar-refractivity contribution in [3.8, 4) is 0 Å². The molecule has 3 fully saturated rings. The molecule has 2 bridgehead atoms. The van der Waals surface area contributed by atoms with Crippen LogP contribution in [0.25, 0.3) is 0 Å². The van der Waals surface area contributed by atoms with Crippen LogP contribution in [0.4, 0.5) is 0 Å². The molecule has 2 heterocycles. The summed E-state index contributed by atoms with van der Waals surface area (Å²) in [6.07, 6.45) is -16.0. The van der Waals surface area contributed by atoms with Crippen LogP contribution in [-0.2, 0) is 80.9 Å². The van der Waals surface area contributed by atoms with Crippen LogP contribution in [0.15, 0.2) is 0 Å². The molecule has 0 aromatic heterocycles. The molecule has 252 valence electrons. The molecule has 0 aromatic rings. The molecule has 45 heavy (non-hydrogen) atoms. The van der Waals surface area contributed by atoms with Gasteiger partial charge in [0.2, 0.25) is 0 Å². The number of ether oxygens (including phenoxy) is 10. The van der Waals surface area contributed by atoms with E-state index < -0.39 is 115 Å². The van der Waals surface area contributed by atoms with Gasteiger partial charge in [0.1, 0.15) is 24.9 Å². The summed E-state index contributed by atoms with van der Waals surface area (Å²) in [7, 11) is 0. The van der Waals surface area contributed by atoms with Crippen molar-refractivity contribution < 1.29 is 86.0 Å². The van der Waals surface area contributed by atoms with Gasteiger partial charge < -0.3 is 52.5 Å². The number of hydrogen-bond acceptors (Lipinski definition) is 18. The lowest BCUT2D eigenvalue weighted by atomic mass is 9.74. The van der Waals surface area contributed by atoms with E-state index in [4.69, 9.17) is 47.4 Å². The van der Waals surface area contributed by atoms with E-state index in [1.165, 1.54) is 0 Å². The summed E-state index contributed by atoms with van der Waals surface area (Å²) in [5.74, 6) is -6.55. The number of carbonyl (C=O) groups excluding carboxylic acids is 7. The van der Waals surface area contributed by atoms with Gasteiger partial charge in [-0.25, -0.2) is 0 Å². The Morgan fingerprint density at radius 1 is 0.578 bits per heavy atom. The topological polar surface area (TPSA) is 232 Å². The number of esters is 7. The average molecular weight is 649 g/mol. The molecular formula is C27H36O18. The molecule has 11 atom stereocenters. The minimum atomic E-state index is -2.72. The molecule has 3 aliphatic rings. The summed E-state index contributed by atoms with van der Waals surface area (Å²) < 4.78 is 55.2. The first-order valence-corrected chi connectivity index (χ1v) is 13.8. The van der Waals surface area contributed by atoms with Gasteiger partial charge in [0.05, 0.1) is 6.61 Å². The molecule has 0 spiro atoms. The smallest absolute Gasteiger partial charge is 0.303 e. The van der Waals surface area contributed by atoms with Gasteiger partial charge in [-0.1, -0.05) is 0 Å². The third-order valence-corrected chi connectivity index (χ3v) is 6.86. The highest BCUT2D eigenvalue weighted by Crippen LogP contribution is 2.42. The van der Waals surface area contributed by atoms with Crippen molar-refractivity contribution in [1.82, 2.24) is 0 Å². The van der Waals surface area contributed by atoms with Crippen LogP contribution in [0.2, 0.25) is 0 Å². The molecule has 0 aromatic carbocycles. The van der Waals surface area contributed by atoms with Crippen LogP contribution in [0.1, 0.15) is 48.5 Å². The number of fused-ring (bicyclic) bond motifs is 2. The lowest BCUT2D eigenvalue weighted by Gasteiger charge is -2.53. The molecule has 1 N–H and O–H groups in total. The normalized spacial score (nSPS) is 35.3. The van der Waals surface area contributed by atoms with E-state index in [2.05, 4.69) is 0 Å². The molecule has 1 saturated carbocycles. The Hall–Kier alpha value is -3.87. The molecule has 0 unspecified atom stereocenters. The maximum absolute atomic E-state index is 12.4. The second-order valence-electron chi connectivity index (χ2n) is 10.6. The van der Waals surface area contributed by atoms with Crippen molar-refractivity contribution in [2.45, 2.75) is 115 Å². The number of rotatable bonds is 10. The van der Waals surface area contributed by atoms with E-state index >= 15 is 0 Å². The van der Waals surface area contributed by atoms with E-state index in [1.54, 1.807) is 0 Å². The molecule has 2 saturated heterocycles. The zero-order valence-electron chi connectivity index (χ0n) is 25.6. The molecule has 18 heteroatoms. The summed E-state index contributed by atoms with van der Waals surface area (Å²) in [4.78, 5) is 85.3. The molecule has 1 aliphatic carbocycles.